The van der Waals surface area contributed by atoms with Crippen LogP contribution in [0.25, 0.3) is 11.4 Å². The maximum absolute atomic E-state index is 12.2. The van der Waals surface area contributed by atoms with Crippen molar-refractivity contribution in [1.82, 2.24) is 20.1 Å². The number of aromatic nitrogens is 3. The zero-order valence-corrected chi connectivity index (χ0v) is 17.7. The first-order valence-corrected chi connectivity index (χ1v) is 11.2. The lowest BCUT2D eigenvalue weighted by molar-refractivity contribution is -0.118. The zero-order valence-electron chi connectivity index (χ0n) is 16.9. The third-order valence-electron chi connectivity index (χ3n) is 4.93. The van der Waals surface area contributed by atoms with E-state index in [9.17, 15) is 4.79 Å². The van der Waals surface area contributed by atoms with Crippen molar-refractivity contribution in [2.75, 3.05) is 12.3 Å². The third-order valence-corrected chi connectivity index (χ3v) is 5.89. The Morgan fingerprint density at radius 2 is 2.18 bits per heavy atom. The minimum Gasteiger partial charge on any atom is -0.355 e. The lowest BCUT2D eigenvalue weighted by Gasteiger charge is -2.13. The highest BCUT2D eigenvalue weighted by Gasteiger charge is 2.15. The van der Waals surface area contributed by atoms with E-state index < -0.39 is 0 Å². The predicted octanol–water partition coefficient (Wildman–Crippen LogP) is 4.76. The molecule has 0 atom stereocenters. The second kappa shape index (κ2) is 10.5. The van der Waals surface area contributed by atoms with Gasteiger partial charge in [-0.05, 0) is 51.5 Å². The molecule has 0 saturated heterocycles. The average Bonchev–Trinajstić information content (AvgIpc) is 3.10. The minimum absolute atomic E-state index is 0.0598. The lowest BCUT2D eigenvalue weighted by Crippen LogP contribution is -2.26. The van der Waals surface area contributed by atoms with Crippen LogP contribution in [0.5, 0.6) is 0 Å². The second-order valence-corrected chi connectivity index (χ2v) is 8.27. The summed E-state index contributed by atoms with van der Waals surface area (Å²) >= 11 is 1.46. The number of aryl methyl sites for hydroxylation is 1. The summed E-state index contributed by atoms with van der Waals surface area (Å²) in [4.78, 5) is 12.2. The summed E-state index contributed by atoms with van der Waals surface area (Å²) in [5.41, 5.74) is 3.76. The summed E-state index contributed by atoms with van der Waals surface area (Å²) in [6.07, 6.45) is 9.26. The van der Waals surface area contributed by atoms with E-state index in [1.165, 1.54) is 48.6 Å². The lowest BCUT2D eigenvalue weighted by atomic mass is 9.97. The van der Waals surface area contributed by atoms with Gasteiger partial charge >= 0.3 is 0 Å². The van der Waals surface area contributed by atoms with Gasteiger partial charge in [-0.25, -0.2) is 0 Å². The van der Waals surface area contributed by atoms with Crippen LogP contribution in [-0.2, 0) is 11.3 Å². The fourth-order valence-corrected chi connectivity index (χ4v) is 4.29. The van der Waals surface area contributed by atoms with Gasteiger partial charge in [0.05, 0.1) is 5.75 Å². The number of hydrogen-bond acceptors (Lipinski definition) is 4. The Labute approximate surface area is 172 Å². The van der Waals surface area contributed by atoms with Gasteiger partial charge < -0.3 is 9.88 Å². The quantitative estimate of drug-likeness (QED) is 0.489. The highest BCUT2D eigenvalue weighted by atomic mass is 32.2. The van der Waals surface area contributed by atoms with E-state index in [1.807, 2.05) is 6.07 Å². The van der Waals surface area contributed by atoms with E-state index in [2.05, 4.69) is 58.2 Å². The van der Waals surface area contributed by atoms with Gasteiger partial charge in [-0.3, -0.25) is 4.79 Å². The highest BCUT2D eigenvalue weighted by Crippen LogP contribution is 2.25. The average molecular weight is 399 g/mol. The standard InChI is InChI=1S/C22H30N4OS/c1-3-14-26-21(19-11-7-8-17(2)15-19)24-25-22(26)28-16-20(27)23-13-12-18-9-5-4-6-10-18/h7-9,11,15H,3-6,10,12-14,16H2,1-2H3,(H,23,27). The molecule has 3 rings (SSSR count). The summed E-state index contributed by atoms with van der Waals surface area (Å²) in [6, 6.07) is 8.30. The second-order valence-electron chi connectivity index (χ2n) is 7.32. The van der Waals surface area contributed by atoms with Gasteiger partial charge in [-0.15, -0.1) is 10.2 Å². The SMILES string of the molecule is CCCn1c(SCC(=O)NCCC2=CCCCC2)nnc1-c1cccc(C)c1. The first-order valence-electron chi connectivity index (χ1n) is 10.2. The number of benzene rings is 1. The van der Waals surface area contributed by atoms with E-state index >= 15 is 0 Å². The summed E-state index contributed by atoms with van der Waals surface area (Å²) in [7, 11) is 0. The number of carbonyl (C=O) groups excluding carboxylic acids is 1. The predicted molar refractivity (Wildman–Crippen MR) is 115 cm³/mol. The van der Waals surface area contributed by atoms with Crippen LogP contribution < -0.4 is 5.32 Å². The number of carbonyl (C=O) groups is 1. The van der Waals surface area contributed by atoms with Gasteiger partial charge in [-0.2, -0.15) is 0 Å². The molecule has 0 spiro atoms. The first-order chi connectivity index (χ1) is 13.7. The number of rotatable bonds is 9. The Bertz CT molecular complexity index is 828. The van der Waals surface area contributed by atoms with E-state index in [4.69, 9.17) is 0 Å². The molecule has 0 bridgehead atoms. The van der Waals surface area contributed by atoms with Crippen molar-refractivity contribution in [2.24, 2.45) is 0 Å². The molecule has 6 heteroatoms. The smallest absolute Gasteiger partial charge is 0.230 e. The van der Waals surface area contributed by atoms with Crippen LogP contribution in [0.1, 0.15) is 51.0 Å². The van der Waals surface area contributed by atoms with Crippen molar-refractivity contribution >= 4 is 17.7 Å². The van der Waals surface area contributed by atoms with Crippen LogP contribution in [0.2, 0.25) is 0 Å². The molecular formula is C22H30N4OS. The van der Waals surface area contributed by atoms with Crippen molar-refractivity contribution < 1.29 is 4.79 Å². The fraction of sp³-hybridized carbons (Fsp3) is 0.500. The molecule has 28 heavy (non-hydrogen) atoms. The van der Waals surface area contributed by atoms with E-state index in [0.717, 1.165) is 42.5 Å². The number of amides is 1. The molecule has 1 N–H and O–H groups in total. The Kier molecular flexibility index (Phi) is 7.71. The maximum Gasteiger partial charge on any atom is 0.230 e. The Morgan fingerprint density at radius 1 is 1.29 bits per heavy atom. The zero-order chi connectivity index (χ0) is 19.8. The summed E-state index contributed by atoms with van der Waals surface area (Å²) in [5, 5.41) is 12.6. The minimum atomic E-state index is 0.0598. The van der Waals surface area contributed by atoms with Crippen LogP contribution in [0, 0.1) is 6.92 Å². The van der Waals surface area contributed by atoms with Gasteiger partial charge in [0.25, 0.3) is 0 Å². The van der Waals surface area contributed by atoms with Gasteiger partial charge in [0, 0.05) is 18.7 Å². The number of hydrogen-bond donors (Lipinski definition) is 1. The Morgan fingerprint density at radius 3 is 2.93 bits per heavy atom. The van der Waals surface area contributed by atoms with Gasteiger partial charge in [0.15, 0.2) is 11.0 Å². The molecule has 0 saturated carbocycles. The topological polar surface area (TPSA) is 59.8 Å². The first kappa shape index (κ1) is 20.6. The molecule has 0 radical (unpaired) electrons. The van der Waals surface area contributed by atoms with E-state index in [0.29, 0.717) is 5.75 Å². The van der Waals surface area contributed by atoms with Gasteiger partial charge in [-0.1, -0.05) is 54.1 Å². The summed E-state index contributed by atoms with van der Waals surface area (Å²) in [6.45, 7) is 5.78. The van der Waals surface area contributed by atoms with Gasteiger partial charge in [0.2, 0.25) is 5.91 Å². The molecule has 1 aliphatic carbocycles. The summed E-state index contributed by atoms with van der Waals surface area (Å²) in [5.74, 6) is 1.30. The third kappa shape index (κ3) is 5.71. The van der Waals surface area contributed by atoms with Crippen LogP contribution in [0.4, 0.5) is 0 Å². The van der Waals surface area contributed by atoms with Crippen LogP contribution >= 0.6 is 11.8 Å². The highest BCUT2D eigenvalue weighted by molar-refractivity contribution is 7.99. The molecule has 0 fully saturated rings. The molecule has 0 unspecified atom stereocenters. The Balaban J connectivity index is 1.56. The van der Waals surface area contributed by atoms with Crippen LogP contribution in [0.15, 0.2) is 41.1 Å². The number of nitrogens with zero attached hydrogens (tertiary/aromatic N) is 3. The molecule has 1 aromatic carbocycles. The number of allylic oxidation sites excluding steroid dienone is 1. The Hall–Kier alpha value is -2.08. The molecule has 1 amide bonds. The van der Waals surface area contributed by atoms with Crippen LogP contribution in [-0.4, -0.2) is 33.0 Å². The van der Waals surface area contributed by atoms with Crippen molar-refractivity contribution in [3.8, 4) is 11.4 Å². The molecule has 2 aromatic rings. The number of nitrogens with one attached hydrogen (secondary N) is 1. The molecule has 1 aromatic heterocycles. The molecule has 150 valence electrons. The molecule has 5 nitrogen and oxygen atoms in total. The molecule has 0 aliphatic heterocycles. The van der Waals surface area contributed by atoms with Crippen molar-refractivity contribution in [3.63, 3.8) is 0 Å². The fourth-order valence-electron chi connectivity index (χ4n) is 3.49. The van der Waals surface area contributed by atoms with Gasteiger partial charge in [0.1, 0.15) is 0 Å². The van der Waals surface area contributed by atoms with Crippen molar-refractivity contribution in [2.45, 2.75) is 64.1 Å². The van der Waals surface area contributed by atoms with Crippen molar-refractivity contribution in [3.05, 3.63) is 41.5 Å². The maximum atomic E-state index is 12.2. The van der Waals surface area contributed by atoms with E-state index in [1.54, 1.807) is 0 Å². The van der Waals surface area contributed by atoms with E-state index in [-0.39, 0.29) is 5.91 Å². The van der Waals surface area contributed by atoms with Crippen molar-refractivity contribution in [1.29, 1.82) is 0 Å². The molecular weight excluding hydrogens is 368 g/mol. The normalized spacial score (nSPS) is 14.0. The largest absolute Gasteiger partial charge is 0.355 e. The van der Waals surface area contributed by atoms with Crippen LogP contribution in [0.3, 0.4) is 0 Å². The monoisotopic (exact) mass is 398 g/mol. The summed E-state index contributed by atoms with van der Waals surface area (Å²) < 4.78 is 2.12. The number of thioether (sulfide) groups is 1. The molecule has 1 aliphatic rings. The molecule has 1 heterocycles.